The summed E-state index contributed by atoms with van der Waals surface area (Å²) >= 11 is 2.35. The number of rotatable bonds is 10. The van der Waals surface area contributed by atoms with Crippen molar-refractivity contribution in [3.63, 3.8) is 0 Å². The first-order chi connectivity index (χ1) is 31.0. The molecule has 0 radical (unpaired) electrons. The van der Waals surface area contributed by atoms with Gasteiger partial charge in [-0.15, -0.1) is 37.2 Å². The summed E-state index contributed by atoms with van der Waals surface area (Å²) in [4.78, 5) is 0. The van der Waals surface area contributed by atoms with E-state index in [0.29, 0.717) is 0 Å². The Labute approximate surface area is 421 Å². The van der Waals surface area contributed by atoms with Crippen LogP contribution in [0.4, 0.5) is 0 Å². The van der Waals surface area contributed by atoms with Gasteiger partial charge in [0, 0.05) is 0 Å². The predicted molar refractivity (Wildman–Crippen MR) is 288 cm³/mol. The first kappa shape index (κ1) is 48.2. The van der Waals surface area contributed by atoms with Crippen molar-refractivity contribution in [3.8, 4) is 66.8 Å². The Morgan fingerprint density at radius 2 is 0.515 bits per heavy atom. The zero-order chi connectivity index (χ0) is 42.8. The summed E-state index contributed by atoms with van der Waals surface area (Å²) in [5.41, 5.74) is 17.5. The van der Waals surface area contributed by atoms with Gasteiger partial charge in [-0.1, -0.05) is 0 Å². The Kier molecular flexibility index (Phi) is 15.5. The molecule has 0 nitrogen and oxygen atoms in total. The molecule has 0 amide bonds. The van der Waals surface area contributed by atoms with Crippen LogP contribution in [0.3, 0.4) is 0 Å². The Hall–Kier alpha value is -5.74. The molecule has 0 heterocycles. The van der Waals surface area contributed by atoms with E-state index >= 15 is 0 Å². The maximum atomic E-state index is 2.56. The average Bonchev–Trinajstić information content (AvgIpc) is 3.62. The molecule has 0 spiro atoms. The van der Waals surface area contributed by atoms with Crippen LogP contribution in [0.5, 0.6) is 0 Å². The van der Waals surface area contributed by atoms with E-state index in [1.165, 1.54) is 103 Å². The van der Waals surface area contributed by atoms with Crippen LogP contribution in [0.15, 0.2) is 257 Å². The fraction of sp³-hybridized carbons (Fsp3) is 0.0492. The Balaban J connectivity index is 0.00000216. The molecule has 0 aromatic heterocycles. The van der Waals surface area contributed by atoms with Crippen molar-refractivity contribution in [1.82, 2.24) is 0 Å². The maximum Gasteiger partial charge on any atom is -0.147 e. The van der Waals surface area contributed by atoms with Gasteiger partial charge in [0.05, 0.1) is 0 Å². The minimum Gasteiger partial charge on any atom is -0.147 e. The second kappa shape index (κ2) is 21.3. The Bertz CT molecular complexity index is 2660. The van der Waals surface area contributed by atoms with E-state index in [9.17, 15) is 0 Å². The van der Waals surface area contributed by atoms with Crippen molar-refractivity contribution in [2.75, 3.05) is 0 Å². The fourth-order valence-electron chi connectivity index (χ4n) is 9.81. The molecule has 9 aromatic carbocycles. The van der Waals surface area contributed by atoms with E-state index in [2.05, 4.69) is 271 Å². The third kappa shape index (κ3) is 9.44. The van der Waals surface area contributed by atoms with Crippen LogP contribution in [0.25, 0.3) is 66.8 Å². The van der Waals surface area contributed by atoms with Crippen molar-refractivity contribution < 1.29 is 20.4 Å². The van der Waals surface area contributed by atoms with E-state index in [0.717, 1.165) is 6.42 Å². The second-order valence-electron chi connectivity index (χ2n) is 16.8. The molecule has 0 saturated carbocycles. The summed E-state index contributed by atoms with van der Waals surface area (Å²) < 4.78 is 1.45. The number of hydrogen-bond acceptors (Lipinski definition) is 0. The minimum absolute atomic E-state index is 0. The molecule has 0 saturated heterocycles. The summed E-state index contributed by atoms with van der Waals surface area (Å²) in [5, 5.41) is 5.64. The van der Waals surface area contributed by atoms with Crippen LogP contribution < -0.4 is 15.6 Å². The van der Waals surface area contributed by atoms with Gasteiger partial charge in [-0.25, -0.2) is 0 Å². The van der Waals surface area contributed by atoms with Gasteiger partial charge in [0.15, 0.2) is 0 Å². The van der Waals surface area contributed by atoms with E-state index in [1.54, 1.807) is 0 Å². The molecular weight excluding hydrogens is 915 g/mol. The van der Waals surface area contributed by atoms with Crippen LogP contribution in [-0.4, -0.2) is 8.07 Å². The zero-order valence-electron chi connectivity index (χ0n) is 36.9. The predicted octanol–water partition coefficient (Wildman–Crippen LogP) is 15.5. The van der Waals surface area contributed by atoms with Gasteiger partial charge in [0.1, 0.15) is 0 Å². The molecule has 10 rings (SSSR count). The molecule has 0 fully saturated rings. The molecular formula is C61H50Cl3SiTi. The smallest absolute Gasteiger partial charge is 0.147 e. The van der Waals surface area contributed by atoms with Crippen molar-refractivity contribution in [3.05, 3.63) is 257 Å². The van der Waals surface area contributed by atoms with E-state index < -0.39 is 8.07 Å². The van der Waals surface area contributed by atoms with Crippen molar-refractivity contribution in [2.24, 2.45) is 0 Å². The standard InChI is InChI=1S/C61H47Si.3ClH.Ti/c1-44-33-34-45(2)61(44)62(58-38-52(46-21-9-3-10-22-46)35-53(39-58)47-23-11-4-12-24-47,59-40-54(48-25-13-5-14-26-48)36-55(41-59)49-27-15-6-16-28-49)60-42-56(50-29-17-7-18-30-50)37-57(43-60)51-31-19-8-20-32-51;;;;/h3-32,35-43H,33H2,1-2H3;3*1H;. The van der Waals surface area contributed by atoms with Crippen LogP contribution in [0.1, 0.15) is 20.3 Å². The van der Waals surface area contributed by atoms with Gasteiger partial charge in [-0.2, -0.15) is 0 Å². The Morgan fingerprint density at radius 1 is 0.303 bits per heavy atom. The van der Waals surface area contributed by atoms with Crippen molar-refractivity contribution >= 4 is 60.9 Å². The van der Waals surface area contributed by atoms with Gasteiger partial charge in [0.25, 0.3) is 0 Å². The molecule has 0 bridgehead atoms. The zero-order valence-corrected chi connectivity index (χ0v) is 42.0. The largest absolute Gasteiger partial charge is 0.147 e. The number of allylic oxidation sites excluding steroid dienone is 4. The molecule has 1 aliphatic carbocycles. The topological polar surface area (TPSA) is 0 Å². The summed E-state index contributed by atoms with van der Waals surface area (Å²) in [7, 11) is -3.32. The van der Waals surface area contributed by atoms with Gasteiger partial charge in [-0.3, -0.25) is 0 Å². The fourth-order valence-corrected chi connectivity index (χ4v) is 16.2. The summed E-state index contributed by atoms with van der Waals surface area (Å²) in [6.07, 6.45) is 0.966. The van der Waals surface area contributed by atoms with E-state index in [1.807, 2.05) is 0 Å². The third-order valence-corrected chi connectivity index (χ3v) is 18.7. The molecule has 66 heavy (non-hydrogen) atoms. The van der Waals surface area contributed by atoms with Crippen LogP contribution in [-0.2, 0) is 20.4 Å². The summed E-state index contributed by atoms with van der Waals surface area (Å²) in [5.74, 6) is 0. The molecule has 0 aliphatic heterocycles. The third-order valence-electron chi connectivity index (χ3n) is 12.8. The van der Waals surface area contributed by atoms with Crippen LogP contribution >= 0.6 is 37.2 Å². The minimum atomic E-state index is -3.32. The summed E-state index contributed by atoms with van der Waals surface area (Å²) in [6.45, 7) is 4.81. The van der Waals surface area contributed by atoms with Crippen LogP contribution in [0.2, 0.25) is 0 Å². The van der Waals surface area contributed by atoms with Gasteiger partial charge in [0.2, 0.25) is 0 Å². The molecule has 0 atom stereocenters. The quantitative estimate of drug-likeness (QED) is 0.0946. The van der Waals surface area contributed by atoms with Gasteiger partial charge in [-0.05, 0) is 0 Å². The summed E-state index contributed by atoms with van der Waals surface area (Å²) in [6, 6.07) is 88.4. The number of halogens is 3. The first-order valence-electron chi connectivity index (χ1n) is 21.9. The molecule has 9 aromatic rings. The van der Waals surface area contributed by atoms with Crippen molar-refractivity contribution in [1.29, 1.82) is 0 Å². The molecule has 323 valence electrons. The number of benzene rings is 9. The van der Waals surface area contributed by atoms with Crippen molar-refractivity contribution in [2.45, 2.75) is 20.3 Å². The molecule has 1 aliphatic rings. The average molecular weight is 965 g/mol. The van der Waals surface area contributed by atoms with Gasteiger partial charge < -0.3 is 0 Å². The maximum absolute atomic E-state index is 3.32. The normalized spacial score (nSPS) is 12.2. The van der Waals surface area contributed by atoms with E-state index in [4.69, 9.17) is 0 Å². The molecule has 5 heteroatoms. The number of hydrogen-bond donors (Lipinski definition) is 0. The van der Waals surface area contributed by atoms with Crippen LogP contribution in [0, 0.1) is 0 Å². The van der Waals surface area contributed by atoms with Gasteiger partial charge >= 0.3 is 388 Å². The first-order valence-corrected chi connectivity index (χ1v) is 24.6. The monoisotopic (exact) mass is 963 g/mol. The second-order valence-corrected chi connectivity index (χ2v) is 21.5. The molecule has 0 unspecified atom stereocenters. The van der Waals surface area contributed by atoms with E-state index in [-0.39, 0.29) is 37.2 Å². The SMILES string of the molecule is CC1=C([Si](c2cc(-c3ccccc3)cc(-c3ccccc3)c2)(c2cc(-c3ccccc3)cc(-c3ccccc3)c2)c2cc(-c3ccccc3)cc(-c3ccccc3)c2)C(C)=[C]([Ti])C1.Cl.Cl.Cl. The molecule has 0 N–H and O–H groups in total. The Morgan fingerprint density at radius 3 is 0.697 bits per heavy atom.